The van der Waals surface area contributed by atoms with Gasteiger partial charge in [0.05, 0.1) is 5.75 Å². The summed E-state index contributed by atoms with van der Waals surface area (Å²) in [5, 5.41) is 11.0. The van der Waals surface area contributed by atoms with Gasteiger partial charge in [0.15, 0.2) is 0 Å². The van der Waals surface area contributed by atoms with Crippen LogP contribution in [0.25, 0.3) is 11.5 Å². The zero-order valence-corrected chi connectivity index (χ0v) is 16.0. The van der Waals surface area contributed by atoms with Gasteiger partial charge in [-0.3, -0.25) is 4.79 Å². The average Bonchev–Trinajstić information content (AvgIpc) is 3.23. The second-order valence-electron chi connectivity index (χ2n) is 6.14. The molecular formula is C22H16FN3O2S. The highest BCUT2D eigenvalue weighted by Crippen LogP contribution is 2.25. The first-order valence-electron chi connectivity index (χ1n) is 8.85. The van der Waals surface area contributed by atoms with E-state index in [1.54, 1.807) is 11.8 Å². The number of hydrogen-bond donors (Lipinski definition) is 1. The molecule has 0 aliphatic heterocycles. The van der Waals surface area contributed by atoms with Crippen LogP contribution >= 0.6 is 11.8 Å². The molecule has 7 heteroatoms. The highest BCUT2D eigenvalue weighted by atomic mass is 32.2. The van der Waals surface area contributed by atoms with Crippen molar-refractivity contribution in [2.75, 3.05) is 5.32 Å². The van der Waals surface area contributed by atoms with E-state index in [9.17, 15) is 9.18 Å². The Bertz CT molecular complexity index is 1100. The van der Waals surface area contributed by atoms with Crippen molar-refractivity contribution in [1.82, 2.24) is 10.2 Å². The van der Waals surface area contributed by atoms with Crippen molar-refractivity contribution >= 4 is 23.4 Å². The number of rotatable bonds is 6. The lowest BCUT2D eigenvalue weighted by molar-refractivity contribution is 0.102. The van der Waals surface area contributed by atoms with E-state index in [1.165, 1.54) is 24.3 Å². The molecule has 1 aromatic heterocycles. The lowest BCUT2D eigenvalue weighted by atomic mass is 10.2. The van der Waals surface area contributed by atoms with E-state index in [4.69, 9.17) is 4.42 Å². The second-order valence-corrected chi connectivity index (χ2v) is 7.19. The van der Waals surface area contributed by atoms with Crippen LogP contribution in [0.15, 0.2) is 88.2 Å². The van der Waals surface area contributed by atoms with Crippen LogP contribution in [0, 0.1) is 5.82 Å². The number of carbonyl (C=O) groups excluding carboxylic acids is 1. The molecule has 0 fully saturated rings. The minimum atomic E-state index is -0.375. The summed E-state index contributed by atoms with van der Waals surface area (Å²) in [4.78, 5) is 13.2. The topological polar surface area (TPSA) is 68.0 Å². The highest BCUT2D eigenvalue weighted by Gasteiger charge is 2.09. The molecule has 29 heavy (non-hydrogen) atoms. The normalized spacial score (nSPS) is 10.7. The van der Waals surface area contributed by atoms with Gasteiger partial charge < -0.3 is 9.73 Å². The molecule has 1 amide bonds. The summed E-state index contributed by atoms with van der Waals surface area (Å²) >= 11 is 1.56. The van der Waals surface area contributed by atoms with Crippen LogP contribution < -0.4 is 5.32 Å². The fraction of sp³-hybridized carbons (Fsp3) is 0.0455. The van der Waals surface area contributed by atoms with E-state index in [1.807, 2.05) is 54.6 Å². The summed E-state index contributed by atoms with van der Waals surface area (Å²) < 4.78 is 18.7. The van der Waals surface area contributed by atoms with Gasteiger partial charge >= 0.3 is 0 Å². The average molecular weight is 405 g/mol. The lowest BCUT2D eigenvalue weighted by Crippen LogP contribution is -2.11. The van der Waals surface area contributed by atoms with Gasteiger partial charge in [-0.1, -0.05) is 18.2 Å². The van der Waals surface area contributed by atoms with Crippen molar-refractivity contribution in [3.05, 3.63) is 96.1 Å². The summed E-state index contributed by atoms with van der Waals surface area (Å²) in [6.07, 6.45) is 0. The largest absolute Gasteiger partial charge is 0.420 e. The molecule has 0 aliphatic carbocycles. The minimum Gasteiger partial charge on any atom is -0.420 e. The summed E-state index contributed by atoms with van der Waals surface area (Å²) in [5.74, 6) is 0.925. The second kappa shape index (κ2) is 8.70. The van der Waals surface area contributed by atoms with E-state index in [0.717, 1.165) is 10.5 Å². The maximum atomic E-state index is 13.0. The van der Waals surface area contributed by atoms with Crippen molar-refractivity contribution in [2.45, 2.75) is 10.6 Å². The Morgan fingerprint density at radius 3 is 2.38 bits per heavy atom. The number of carbonyl (C=O) groups is 1. The Morgan fingerprint density at radius 1 is 0.931 bits per heavy atom. The Hall–Kier alpha value is -3.45. The van der Waals surface area contributed by atoms with Crippen molar-refractivity contribution in [3.63, 3.8) is 0 Å². The number of amides is 1. The number of hydrogen-bond acceptors (Lipinski definition) is 5. The molecule has 0 saturated heterocycles. The van der Waals surface area contributed by atoms with Gasteiger partial charge in [0.1, 0.15) is 5.82 Å². The van der Waals surface area contributed by atoms with Gasteiger partial charge in [-0.25, -0.2) is 4.39 Å². The summed E-state index contributed by atoms with van der Waals surface area (Å²) in [7, 11) is 0. The van der Waals surface area contributed by atoms with Gasteiger partial charge in [-0.2, -0.15) is 0 Å². The molecule has 4 rings (SSSR count). The fourth-order valence-electron chi connectivity index (χ4n) is 2.59. The Morgan fingerprint density at radius 2 is 1.66 bits per heavy atom. The van der Waals surface area contributed by atoms with Crippen LogP contribution in [0.5, 0.6) is 0 Å². The Balaban J connectivity index is 1.33. The zero-order chi connectivity index (χ0) is 20.1. The van der Waals surface area contributed by atoms with Gasteiger partial charge in [0.25, 0.3) is 5.91 Å². The van der Waals surface area contributed by atoms with E-state index in [0.29, 0.717) is 28.8 Å². The molecule has 1 heterocycles. The first-order chi connectivity index (χ1) is 14.2. The van der Waals surface area contributed by atoms with E-state index in [-0.39, 0.29) is 11.7 Å². The van der Waals surface area contributed by atoms with Crippen molar-refractivity contribution < 1.29 is 13.6 Å². The number of aromatic nitrogens is 2. The Labute approximate surface area is 171 Å². The van der Waals surface area contributed by atoms with Crippen LogP contribution in [0.1, 0.15) is 16.2 Å². The quantitative estimate of drug-likeness (QED) is 0.434. The number of thioether (sulfide) groups is 1. The van der Waals surface area contributed by atoms with E-state index in [2.05, 4.69) is 15.5 Å². The molecule has 0 unspecified atom stereocenters. The molecule has 0 saturated carbocycles. The molecule has 0 radical (unpaired) electrons. The summed E-state index contributed by atoms with van der Waals surface area (Å²) in [6, 6.07) is 22.5. The smallest absolute Gasteiger partial charge is 0.255 e. The van der Waals surface area contributed by atoms with Gasteiger partial charge in [-0.05, 0) is 60.7 Å². The van der Waals surface area contributed by atoms with E-state index >= 15 is 0 Å². The molecular weight excluding hydrogens is 389 g/mol. The predicted molar refractivity (Wildman–Crippen MR) is 110 cm³/mol. The lowest BCUT2D eigenvalue weighted by Gasteiger charge is -2.06. The van der Waals surface area contributed by atoms with Gasteiger partial charge in [-0.15, -0.1) is 22.0 Å². The number of anilines is 1. The van der Waals surface area contributed by atoms with Crippen molar-refractivity contribution in [3.8, 4) is 11.5 Å². The van der Waals surface area contributed by atoms with Crippen LogP contribution in [-0.4, -0.2) is 16.1 Å². The fourth-order valence-corrected chi connectivity index (χ4v) is 3.33. The first kappa shape index (κ1) is 18.9. The number of nitrogens with one attached hydrogen (secondary N) is 1. The molecule has 5 nitrogen and oxygen atoms in total. The van der Waals surface area contributed by atoms with Crippen LogP contribution in [0.3, 0.4) is 0 Å². The van der Waals surface area contributed by atoms with E-state index < -0.39 is 0 Å². The molecule has 0 bridgehead atoms. The highest BCUT2D eigenvalue weighted by molar-refractivity contribution is 7.98. The van der Waals surface area contributed by atoms with Crippen LogP contribution in [-0.2, 0) is 5.75 Å². The third-order valence-corrected chi connectivity index (χ3v) is 5.07. The predicted octanol–water partition coefficient (Wildman–Crippen LogP) is 5.42. The molecule has 144 valence electrons. The van der Waals surface area contributed by atoms with Crippen LogP contribution in [0.4, 0.5) is 10.1 Å². The molecule has 4 aromatic rings. The third-order valence-electron chi connectivity index (χ3n) is 4.07. The van der Waals surface area contributed by atoms with Crippen LogP contribution in [0.2, 0.25) is 0 Å². The SMILES string of the molecule is O=C(Nc1ccc(SCc2nnc(-c3ccccc3)o2)cc1)c1ccc(F)cc1. The first-order valence-corrected chi connectivity index (χ1v) is 9.83. The minimum absolute atomic E-state index is 0.287. The van der Waals surface area contributed by atoms with Crippen molar-refractivity contribution in [2.24, 2.45) is 0 Å². The molecule has 0 aliphatic rings. The summed E-state index contributed by atoms with van der Waals surface area (Å²) in [5.41, 5.74) is 1.95. The van der Waals surface area contributed by atoms with Gasteiger partial charge in [0, 0.05) is 21.7 Å². The molecule has 3 aromatic carbocycles. The maximum absolute atomic E-state index is 13.0. The van der Waals surface area contributed by atoms with Gasteiger partial charge in [0.2, 0.25) is 11.8 Å². The number of halogens is 1. The Kier molecular flexibility index (Phi) is 5.67. The zero-order valence-electron chi connectivity index (χ0n) is 15.2. The third kappa shape index (κ3) is 4.89. The monoisotopic (exact) mass is 405 g/mol. The maximum Gasteiger partial charge on any atom is 0.255 e. The standard InChI is InChI=1S/C22H16FN3O2S/c23-17-8-6-15(7-9-17)21(27)24-18-10-12-19(13-11-18)29-14-20-25-26-22(28-20)16-4-2-1-3-5-16/h1-13H,14H2,(H,24,27). The summed E-state index contributed by atoms with van der Waals surface area (Å²) in [6.45, 7) is 0. The molecule has 0 spiro atoms. The van der Waals surface area contributed by atoms with Crippen molar-refractivity contribution in [1.29, 1.82) is 0 Å². The molecule has 0 atom stereocenters. The molecule has 1 N–H and O–H groups in total. The number of benzene rings is 3. The number of nitrogens with zero attached hydrogens (tertiary/aromatic N) is 2.